The number of imidazole rings is 1. The van der Waals surface area contributed by atoms with Crippen molar-refractivity contribution in [2.75, 3.05) is 0 Å². The highest BCUT2D eigenvalue weighted by molar-refractivity contribution is 5.80. The molecule has 0 spiro atoms. The van der Waals surface area contributed by atoms with Gasteiger partial charge < -0.3 is 4.57 Å². The smallest absolute Gasteiger partial charge is 0.141 e. The number of allylic oxidation sites excluding steroid dienone is 1. The lowest BCUT2D eigenvalue weighted by Crippen LogP contribution is -2.01. The monoisotopic (exact) mass is 262 g/mol. The summed E-state index contributed by atoms with van der Waals surface area (Å²) < 4.78 is 2.24. The molecular formula is C18H18N2. The van der Waals surface area contributed by atoms with E-state index in [9.17, 15) is 0 Å². The summed E-state index contributed by atoms with van der Waals surface area (Å²) in [5.41, 5.74) is 5.72. The van der Waals surface area contributed by atoms with Gasteiger partial charge in [0.25, 0.3) is 0 Å². The van der Waals surface area contributed by atoms with E-state index in [2.05, 4.69) is 60.5 Å². The zero-order valence-electron chi connectivity index (χ0n) is 11.9. The van der Waals surface area contributed by atoms with Crippen LogP contribution in [-0.4, -0.2) is 9.55 Å². The third kappa shape index (κ3) is 2.25. The van der Waals surface area contributed by atoms with Crippen molar-refractivity contribution in [2.45, 2.75) is 20.4 Å². The maximum Gasteiger partial charge on any atom is 0.141 e. The van der Waals surface area contributed by atoms with E-state index in [0.29, 0.717) is 0 Å². The zero-order chi connectivity index (χ0) is 14.1. The molecule has 0 saturated heterocycles. The summed E-state index contributed by atoms with van der Waals surface area (Å²) in [6, 6.07) is 16.8. The van der Waals surface area contributed by atoms with E-state index < -0.39 is 0 Å². The predicted octanol–water partition coefficient (Wildman–Crippen LogP) is 4.59. The molecule has 3 aromatic rings. The maximum absolute atomic E-state index is 4.79. The number of aryl methyl sites for hydroxylation is 1. The SMILES string of the molecule is C=C(C)Cn1c(-c2ccc(C)cc2)nc2ccccc21. The van der Waals surface area contributed by atoms with Crippen LogP contribution in [0, 0.1) is 6.92 Å². The van der Waals surface area contributed by atoms with Crippen LogP contribution in [0.1, 0.15) is 12.5 Å². The van der Waals surface area contributed by atoms with Crippen LogP contribution in [0.3, 0.4) is 0 Å². The summed E-state index contributed by atoms with van der Waals surface area (Å²) in [5.74, 6) is 1.01. The van der Waals surface area contributed by atoms with E-state index in [-0.39, 0.29) is 0 Å². The summed E-state index contributed by atoms with van der Waals surface area (Å²) in [7, 11) is 0. The van der Waals surface area contributed by atoms with Gasteiger partial charge in [0, 0.05) is 12.1 Å². The molecule has 0 aliphatic heterocycles. The molecule has 0 fully saturated rings. The van der Waals surface area contributed by atoms with Crippen LogP contribution >= 0.6 is 0 Å². The van der Waals surface area contributed by atoms with Gasteiger partial charge in [0.1, 0.15) is 5.82 Å². The Morgan fingerprint density at radius 2 is 1.80 bits per heavy atom. The summed E-state index contributed by atoms with van der Waals surface area (Å²) >= 11 is 0. The topological polar surface area (TPSA) is 17.8 Å². The Labute approximate surface area is 119 Å². The minimum atomic E-state index is 0.795. The van der Waals surface area contributed by atoms with E-state index in [4.69, 9.17) is 4.98 Å². The molecule has 0 amide bonds. The largest absolute Gasteiger partial charge is 0.320 e. The highest BCUT2D eigenvalue weighted by Crippen LogP contribution is 2.25. The van der Waals surface area contributed by atoms with Crippen LogP contribution in [0.4, 0.5) is 0 Å². The Bertz CT molecular complexity index is 764. The Kier molecular flexibility index (Phi) is 3.15. The van der Waals surface area contributed by atoms with Crippen LogP contribution in [-0.2, 0) is 6.54 Å². The lowest BCUT2D eigenvalue weighted by Gasteiger charge is -2.09. The normalized spacial score (nSPS) is 10.9. The highest BCUT2D eigenvalue weighted by Gasteiger charge is 2.11. The summed E-state index contributed by atoms with van der Waals surface area (Å²) in [4.78, 5) is 4.79. The van der Waals surface area contributed by atoms with Crippen molar-refractivity contribution in [2.24, 2.45) is 0 Å². The van der Waals surface area contributed by atoms with Gasteiger partial charge in [0.05, 0.1) is 11.0 Å². The average molecular weight is 262 g/mol. The lowest BCUT2D eigenvalue weighted by molar-refractivity contribution is 0.820. The zero-order valence-corrected chi connectivity index (χ0v) is 11.9. The number of hydrogen-bond donors (Lipinski definition) is 0. The second-order valence-electron chi connectivity index (χ2n) is 5.33. The number of hydrogen-bond acceptors (Lipinski definition) is 1. The number of aromatic nitrogens is 2. The van der Waals surface area contributed by atoms with Gasteiger partial charge in [-0.25, -0.2) is 4.98 Å². The molecule has 0 aliphatic rings. The number of para-hydroxylation sites is 2. The Balaban J connectivity index is 2.23. The second-order valence-corrected chi connectivity index (χ2v) is 5.33. The Morgan fingerprint density at radius 3 is 2.50 bits per heavy atom. The van der Waals surface area contributed by atoms with Gasteiger partial charge in [-0.3, -0.25) is 0 Å². The molecule has 2 heteroatoms. The van der Waals surface area contributed by atoms with Gasteiger partial charge in [-0.1, -0.05) is 54.1 Å². The molecule has 0 aliphatic carbocycles. The minimum Gasteiger partial charge on any atom is -0.320 e. The molecule has 1 heterocycles. The fourth-order valence-corrected chi connectivity index (χ4v) is 2.43. The van der Waals surface area contributed by atoms with Gasteiger partial charge in [-0.2, -0.15) is 0 Å². The fraction of sp³-hybridized carbons (Fsp3) is 0.167. The molecule has 0 bridgehead atoms. The summed E-state index contributed by atoms with van der Waals surface area (Å²) in [6.07, 6.45) is 0. The van der Waals surface area contributed by atoms with Crippen LogP contribution in [0.25, 0.3) is 22.4 Å². The van der Waals surface area contributed by atoms with Crippen LogP contribution in [0.15, 0.2) is 60.7 Å². The van der Waals surface area contributed by atoms with Crippen molar-refractivity contribution in [3.05, 3.63) is 66.2 Å². The molecule has 0 saturated carbocycles. The number of fused-ring (bicyclic) bond motifs is 1. The van der Waals surface area contributed by atoms with Gasteiger partial charge in [-0.05, 0) is 26.0 Å². The van der Waals surface area contributed by atoms with E-state index >= 15 is 0 Å². The first-order valence-corrected chi connectivity index (χ1v) is 6.82. The van der Waals surface area contributed by atoms with Crippen molar-refractivity contribution >= 4 is 11.0 Å². The van der Waals surface area contributed by atoms with Crippen LogP contribution < -0.4 is 0 Å². The quantitative estimate of drug-likeness (QED) is 0.631. The Morgan fingerprint density at radius 1 is 1.10 bits per heavy atom. The van der Waals surface area contributed by atoms with Crippen molar-refractivity contribution in [3.63, 3.8) is 0 Å². The van der Waals surface area contributed by atoms with E-state index in [1.807, 2.05) is 13.0 Å². The minimum absolute atomic E-state index is 0.795. The van der Waals surface area contributed by atoms with E-state index in [0.717, 1.165) is 34.5 Å². The van der Waals surface area contributed by atoms with Crippen molar-refractivity contribution in [3.8, 4) is 11.4 Å². The molecule has 2 nitrogen and oxygen atoms in total. The molecule has 3 rings (SSSR count). The average Bonchev–Trinajstić information content (AvgIpc) is 2.78. The molecule has 100 valence electrons. The molecule has 2 aromatic carbocycles. The van der Waals surface area contributed by atoms with Gasteiger partial charge in [0.2, 0.25) is 0 Å². The molecular weight excluding hydrogens is 244 g/mol. The maximum atomic E-state index is 4.79. The fourth-order valence-electron chi connectivity index (χ4n) is 2.43. The van der Waals surface area contributed by atoms with Gasteiger partial charge in [0.15, 0.2) is 0 Å². The Hall–Kier alpha value is -2.35. The van der Waals surface area contributed by atoms with Crippen LogP contribution in [0.2, 0.25) is 0 Å². The first kappa shape index (κ1) is 12.7. The van der Waals surface area contributed by atoms with Gasteiger partial charge >= 0.3 is 0 Å². The molecule has 20 heavy (non-hydrogen) atoms. The number of benzene rings is 2. The molecule has 1 aromatic heterocycles. The highest BCUT2D eigenvalue weighted by atomic mass is 15.1. The van der Waals surface area contributed by atoms with Gasteiger partial charge in [-0.15, -0.1) is 0 Å². The molecule has 0 radical (unpaired) electrons. The van der Waals surface area contributed by atoms with Crippen LogP contribution in [0.5, 0.6) is 0 Å². The molecule has 0 unspecified atom stereocenters. The standard InChI is InChI=1S/C18H18N2/c1-13(2)12-20-17-7-5-4-6-16(17)19-18(20)15-10-8-14(3)9-11-15/h4-11H,1,12H2,2-3H3. The van der Waals surface area contributed by atoms with Crippen molar-refractivity contribution < 1.29 is 0 Å². The molecule has 0 N–H and O–H groups in total. The number of rotatable bonds is 3. The molecule has 0 atom stereocenters. The summed E-state index contributed by atoms with van der Waals surface area (Å²) in [6.45, 7) is 8.98. The van der Waals surface area contributed by atoms with E-state index in [1.54, 1.807) is 0 Å². The first-order chi connectivity index (χ1) is 9.65. The second kappa shape index (κ2) is 4.97. The van der Waals surface area contributed by atoms with E-state index in [1.165, 1.54) is 5.56 Å². The third-order valence-corrected chi connectivity index (χ3v) is 3.39. The third-order valence-electron chi connectivity index (χ3n) is 3.39. The lowest BCUT2D eigenvalue weighted by atomic mass is 10.1. The number of nitrogens with zero attached hydrogens (tertiary/aromatic N) is 2. The first-order valence-electron chi connectivity index (χ1n) is 6.82. The van der Waals surface area contributed by atoms with Crippen molar-refractivity contribution in [1.29, 1.82) is 0 Å². The summed E-state index contributed by atoms with van der Waals surface area (Å²) in [5, 5.41) is 0. The predicted molar refractivity (Wildman–Crippen MR) is 84.7 cm³/mol. The van der Waals surface area contributed by atoms with Crippen molar-refractivity contribution in [1.82, 2.24) is 9.55 Å².